The van der Waals surface area contributed by atoms with Gasteiger partial charge in [-0.05, 0) is 33.8 Å². The molecule has 2 rings (SSSR count). The molecule has 0 spiro atoms. The van der Waals surface area contributed by atoms with Crippen LogP contribution in [0.4, 0.5) is 4.79 Å². The highest BCUT2D eigenvalue weighted by atomic mass is 79.9. The Morgan fingerprint density at radius 1 is 1.38 bits per heavy atom. The van der Waals surface area contributed by atoms with Crippen molar-refractivity contribution in [3.63, 3.8) is 0 Å². The molecule has 29 heavy (non-hydrogen) atoms. The van der Waals surface area contributed by atoms with Crippen LogP contribution in [0.25, 0.3) is 0 Å². The number of hydrogen-bond donors (Lipinski definition) is 2. The number of amides is 2. The van der Waals surface area contributed by atoms with E-state index in [9.17, 15) is 19.5 Å². The van der Waals surface area contributed by atoms with Crippen molar-refractivity contribution in [1.29, 1.82) is 0 Å². The number of aliphatic carboxylic acids is 1. The average Bonchev–Trinajstić information content (AvgIpc) is 3.07. The highest BCUT2D eigenvalue weighted by molar-refractivity contribution is 9.10. The molecule has 1 fully saturated rings. The topological polar surface area (TPSA) is 118 Å². The Kier molecular flexibility index (Phi) is 7.45. The lowest BCUT2D eigenvalue weighted by atomic mass is 9.85. The molecule has 1 aromatic heterocycles. The highest BCUT2D eigenvalue weighted by Crippen LogP contribution is 2.29. The van der Waals surface area contributed by atoms with Gasteiger partial charge >= 0.3 is 12.1 Å². The lowest BCUT2D eigenvalue weighted by molar-refractivity contribution is -0.150. The molecule has 1 saturated heterocycles. The first-order valence-corrected chi connectivity index (χ1v) is 9.95. The van der Waals surface area contributed by atoms with E-state index in [1.54, 1.807) is 39.0 Å². The van der Waals surface area contributed by atoms with Crippen LogP contribution in [0.5, 0.6) is 5.88 Å². The minimum absolute atomic E-state index is 0.181. The summed E-state index contributed by atoms with van der Waals surface area (Å²) < 4.78 is 10.9. The fourth-order valence-corrected chi connectivity index (χ4v) is 3.51. The standard InChI is InChI=1S/C19H26BrN3O6/c1-19(2,3)15(22-18(27)28-4)16(24)23-9-11(8-12(23)17(25)26)10-29-14-7-5-6-13(20)21-14/h5-7,11-12,15H,8-10H2,1-4H3,(H,22,27)(H,25,26)/t11-,12+,15-/m1/s1. The molecule has 160 valence electrons. The Bertz CT molecular complexity index is 767. The maximum Gasteiger partial charge on any atom is 0.407 e. The average molecular weight is 472 g/mol. The van der Waals surface area contributed by atoms with Crippen molar-refractivity contribution in [2.24, 2.45) is 11.3 Å². The van der Waals surface area contributed by atoms with Crippen molar-refractivity contribution in [1.82, 2.24) is 15.2 Å². The van der Waals surface area contributed by atoms with E-state index < -0.39 is 35.5 Å². The van der Waals surface area contributed by atoms with Gasteiger partial charge in [-0.1, -0.05) is 26.8 Å². The van der Waals surface area contributed by atoms with Gasteiger partial charge in [0.05, 0.1) is 13.7 Å². The molecule has 0 aromatic carbocycles. The summed E-state index contributed by atoms with van der Waals surface area (Å²) in [7, 11) is 1.21. The Hall–Kier alpha value is -2.36. The number of ether oxygens (including phenoxy) is 2. The van der Waals surface area contributed by atoms with E-state index in [2.05, 4.69) is 31.0 Å². The van der Waals surface area contributed by atoms with E-state index in [0.29, 0.717) is 10.5 Å². The van der Waals surface area contributed by atoms with E-state index in [1.807, 2.05) is 0 Å². The number of likely N-dealkylation sites (tertiary alicyclic amines) is 1. The number of alkyl carbamates (subject to hydrolysis) is 1. The molecule has 0 aliphatic carbocycles. The second-order valence-electron chi connectivity index (χ2n) is 7.99. The predicted molar refractivity (Wildman–Crippen MR) is 107 cm³/mol. The molecule has 10 heteroatoms. The summed E-state index contributed by atoms with van der Waals surface area (Å²) in [6.07, 6.45) is -0.491. The molecule has 2 heterocycles. The molecular weight excluding hydrogens is 446 g/mol. The Morgan fingerprint density at radius 2 is 2.07 bits per heavy atom. The normalized spacial score (nSPS) is 20.1. The zero-order valence-corrected chi connectivity index (χ0v) is 18.4. The van der Waals surface area contributed by atoms with E-state index in [0.717, 1.165) is 0 Å². The fraction of sp³-hybridized carbons (Fsp3) is 0.579. The number of carboxylic acid groups (broad SMARTS) is 1. The first-order valence-electron chi connectivity index (χ1n) is 9.16. The SMILES string of the molecule is COC(=O)N[C@H](C(=O)N1C[C@H](COc2cccc(Br)n2)C[C@H]1C(=O)O)C(C)(C)C. The zero-order valence-electron chi connectivity index (χ0n) is 16.8. The molecule has 0 bridgehead atoms. The highest BCUT2D eigenvalue weighted by Gasteiger charge is 2.45. The van der Waals surface area contributed by atoms with Gasteiger partial charge in [-0.2, -0.15) is 0 Å². The number of pyridine rings is 1. The van der Waals surface area contributed by atoms with Crippen LogP contribution in [0.3, 0.4) is 0 Å². The predicted octanol–water partition coefficient (Wildman–Crippen LogP) is 2.30. The number of methoxy groups -OCH3 is 1. The van der Waals surface area contributed by atoms with E-state index in [-0.39, 0.29) is 25.5 Å². The summed E-state index contributed by atoms with van der Waals surface area (Å²) >= 11 is 3.27. The Balaban J connectivity index is 2.13. The molecule has 1 aliphatic heterocycles. The summed E-state index contributed by atoms with van der Waals surface area (Å²) in [4.78, 5) is 42.1. The third kappa shape index (κ3) is 6.06. The third-order valence-corrected chi connectivity index (χ3v) is 5.11. The number of halogens is 1. The number of nitrogens with one attached hydrogen (secondary N) is 1. The number of carbonyl (C=O) groups is 3. The van der Waals surface area contributed by atoms with E-state index >= 15 is 0 Å². The largest absolute Gasteiger partial charge is 0.480 e. The summed E-state index contributed by atoms with van der Waals surface area (Å²) in [5.41, 5.74) is -0.636. The van der Waals surface area contributed by atoms with E-state index in [4.69, 9.17) is 4.74 Å². The third-order valence-electron chi connectivity index (χ3n) is 4.67. The van der Waals surface area contributed by atoms with Gasteiger partial charge in [0.1, 0.15) is 16.7 Å². The summed E-state index contributed by atoms with van der Waals surface area (Å²) in [5, 5.41) is 12.1. The minimum atomic E-state index is -1.09. The molecular formula is C19H26BrN3O6. The second-order valence-corrected chi connectivity index (χ2v) is 8.80. The van der Waals surface area contributed by atoms with Crippen LogP contribution >= 0.6 is 15.9 Å². The first kappa shape index (κ1) is 22.9. The first-order chi connectivity index (χ1) is 13.5. The zero-order chi connectivity index (χ0) is 21.8. The van der Waals surface area contributed by atoms with Crippen LogP contribution in [0.1, 0.15) is 27.2 Å². The molecule has 2 amide bonds. The molecule has 0 unspecified atom stereocenters. The molecule has 9 nitrogen and oxygen atoms in total. The number of nitrogens with zero attached hydrogens (tertiary/aromatic N) is 2. The van der Waals surface area contributed by atoms with Crippen molar-refractivity contribution < 1.29 is 29.0 Å². The molecule has 3 atom stereocenters. The molecule has 0 radical (unpaired) electrons. The molecule has 2 N–H and O–H groups in total. The van der Waals surface area contributed by atoms with Gasteiger partial charge < -0.3 is 24.8 Å². The van der Waals surface area contributed by atoms with Crippen molar-refractivity contribution in [3.05, 3.63) is 22.8 Å². The summed E-state index contributed by atoms with van der Waals surface area (Å²) in [5.74, 6) is -1.32. The van der Waals surface area contributed by atoms with Crippen LogP contribution in [-0.2, 0) is 14.3 Å². The molecule has 0 saturated carbocycles. The van der Waals surface area contributed by atoms with Gasteiger partial charge in [0.2, 0.25) is 11.8 Å². The lowest BCUT2D eigenvalue weighted by Gasteiger charge is -2.34. The van der Waals surface area contributed by atoms with Gasteiger partial charge in [-0.25, -0.2) is 14.6 Å². The van der Waals surface area contributed by atoms with Crippen molar-refractivity contribution in [2.45, 2.75) is 39.3 Å². The molecule has 1 aliphatic rings. The van der Waals surface area contributed by atoms with Crippen LogP contribution in [0.15, 0.2) is 22.8 Å². The lowest BCUT2D eigenvalue weighted by Crippen LogP contribution is -2.56. The molecule has 1 aromatic rings. The number of aromatic nitrogens is 1. The van der Waals surface area contributed by atoms with Gasteiger partial charge in [0.15, 0.2) is 0 Å². The number of hydrogen-bond acceptors (Lipinski definition) is 6. The maximum absolute atomic E-state index is 13.2. The van der Waals surface area contributed by atoms with Gasteiger partial charge in [0, 0.05) is 18.5 Å². The van der Waals surface area contributed by atoms with Crippen molar-refractivity contribution >= 4 is 33.9 Å². The minimum Gasteiger partial charge on any atom is -0.480 e. The van der Waals surface area contributed by atoms with Crippen molar-refractivity contribution in [3.8, 4) is 5.88 Å². The van der Waals surface area contributed by atoms with Crippen LogP contribution in [0, 0.1) is 11.3 Å². The number of carboxylic acids is 1. The van der Waals surface area contributed by atoms with Gasteiger partial charge in [-0.3, -0.25) is 4.79 Å². The van der Waals surface area contributed by atoms with Gasteiger partial charge in [-0.15, -0.1) is 0 Å². The van der Waals surface area contributed by atoms with Crippen LogP contribution in [0.2, 0.25) is 0 Å². The summed E-state index contributed by atoms with van der Waals surface area (Å²) in [6, 6.07) is 3.33. The monoisotopic (exact) mass is 471 g/mol. The number of rotatable bonds is 6. The summed E-state index contributed by atoms with van der Waals surface area (Å²) in [6.45, 7) is 5.80. The van der Waals surface area contributed by atoms with E-state index in [1.165, 1.54) is 12.0 Å². The Labute approximate surface area is 177 Å². The fourth-order valence-electron chi connectivity index (χ4n) is 3.19. The van der Waals surface area contributed by atoms with Crippen LogP contribution < -0.4 is 10.1 Å². The van der Waals surface area contributed by atoms with Gasteiger partial charge in [0.25, 0.3) is 0 Å². The number of carbonyl (C=O) groups excluding carboxylic acids is 2. The smallest absolute Gasteiger partial charge is 0.407 e. The van der Waals surface area contributed by atoms with Crippen LogP contribution in [-0.4, -0.2) is 65.3 Å². The quantitative estimate of drug-likeness (QED) is 0.610. The second kappa shape index (κ2) is 9.43. The van der Waals surface area contributed by atoms with Crippen molar-refractivity contribution in [2.75, 3.05) is 20.3 Å². The maximum atomic E-state index is 13.2. The Morgan fingerprint density at radius 3 is 2.62 bits per heavy atom.